The molecule has 0 unspecified atom stereocenters. The van der Waals surface area contributed by atoms with Crippen LogP contribution in [-0.2, 0) is 29.1 Å². The summed E-state index contributed by atoms with van der Waals surface area (Å²) in [5, 5.41) is 17.1. The predicted octanol–water partition coefficient (Wildman–Crippen LogP) is 3.61. The molecule has 2 atom stereocenters. The molecule has 2 aliphatic heterocycles. The van der Waals surface area contributed by atoms with Crippen LogP contribution >= 0.6 is 0 Å². The van der Waals surface area contributed by atoms with Gasteiger partial charge in [-0.05, 0) is 34.9 Å². The number of nitrogens with one attached hydrogen (secondary N) is 2. The number of hydrogen-bond acceptors (Lipinski definition) is 5. The number of carbonyl (C=O) groups is 3. The fourth-order valence-electron chi connectivity index (χ4n) is 6.02. The number of fused-ring (bicyclic) bond motifs is 2. The third-order valence-electron chi connectivity index (χ3n) is 8.07. The molecule has 43 heavy (non-hydrogen) atoms. The minimum Gasteiger partial charge on any atom is -0.508 e. The van der Waals surface area contributed by atoms with E-state index in [1.54, 1.807) is 50.2 Å². The summed E-state index contributed by atoms with van der Waals surface area (Å²) in [6.45, 7) is 4.83. The molecule has 2 aliphatic rings. The molecule has 3 aromatic carbocycles. The van der Waals surface area contributed by atoms with Gasteiger partial charge in [-0.15, -0.1) is 6.58 Å². The lowest BCUT2D eigenvalue weighted by molar-refractivity contribution is -0.189. The van der Waals surface area contributed by atoms with E-state index in [1.807, 2.05) is 60.8 Å². The van der Waals surface area contributed by atoms with Crippen molar-refractivity contribution in [3.05, 3.63) is 114 Å². The second kappa shape index (κ2) is 12.0. The number of carbonyl (C=O) groups excluding carboxylic acids is 3. The molecule has 0 radical (unpaired) electrons. The Morgan fingerprint density at radius 1 is 1.00 bits per heavy atom. The van der Waals surface area contributed by atoms with Crippen molar-refractivity contribution in [2.75, 3.05) is 19.6 Å². The first-order valence-corrected chi connectivity index (χ1v) is 14.3. The van der Waals surface area contributed by atoms with E-state index in [4.69, 9.17) is 0 Å². The van der Waals surface area contributed by atoms with Crippen LogP contribution < -0.4 is 5.32 Å². The Kier molecular flexibility index (Phi) is 7.84. The molecule has 4 amide bonds. The van der Waals surface area contributed by atoms with Gasteiger partial charge < -0.3 is 25.2 Å². The Balaban J connectivity index is 1.36. The number of hydrazine groups is 1. The Bertz CT molecular complexity index is 1640. The molecular formula is C33H34N6O4. The van der Waals surface area contributed by atoms with Crippen molar-refractivity contribution in [2.45, 2.75) is 31.7 Å². The molecule has 2 fully saturated rings. The molecule has 2 saturated heterocycles. The van der Waals surface area contributed by atoms with Crippen LogP contribution in [0.25, 0.3) is 10.9 Å². The summed E-state index contributed by atoms with van der Waals surface area (Å²) in [4.78, 5) is 48.4. The van der Waals surface area contributed by atoms with Crippen molar-refractivity contribution in [3.8, 4) is 5.75 Å². The standard InChI is InChI=1S/C33H34N6O4/c1-2-16-37-22-31(41)38-29(17-23-12-14-26(40)15-13-23)32(42)36(20-25-19-34-28-11-7-6-10-27(25)28)21-30(38)39(37)33(43)35-18-24-8-4-3-5-9-24/h2-15,19,29-30,34,40H,1,16-18,20-22H2,(H,35,43)/t29-,30-/m0/s1. The quantitative estimate of drug-likeness (QED) is 0.277. The maximum Gasteiger partial charge on any atom is 0.334 e. The van der Waals surface area contributed by atoms with E-state index in [1.165, 1.54) is 0 Å². The van der Waals surface area contributed by atoms with E-state index in [0.29, 0.717) is 13.1 Å². The highest BCUT2D eigenvalue weighted by Crippen LogP contribution is 2.30. The van der Waals surface area contributed by atoms with Gasteiger partial charge in [-0.1, -0.05) is 66.7 Å². The van der Waals surface area contributed by atoms with Crippen LogP contribution in [0.1, 0.15) is 16.7 Å². The molecule has 3 N–H and O–H groups in total. The van der Waals surface area contributed by atoms with Gasteiger partial charge in [-0.25, -0.2) is 14.8 Å². The van der Waals surface area contributed by atoms with E-state index in [0.717, 1.165) is 27.6 Å². The van der Waals surface area contributed by atoms with Gasteiger partial charge in [-0.2, -0.15) is 0 Å². The normalized spacial score (nSPS) is 19.0. The fourth-order valence-corrected chi connectivity index (χ4v) is 6.02. The van der Waals surface area contributed by atoms with Crippen molar-refractivity contribution in [3.63, 3.8) is 0 Å². The summed E-state index contributed by atoms with van der Waals surface area (Å²) >= 11 is 0. The highest BCUT2D eigenvalue weighted by Gasteiger charge is 2.51. The van der Waals surface area contributed by atoms with Crippen molar-refractivity contribution in [1.29, 1.82) is 0 Å². The van der Waals surface area contributed by atoms with Gasteiger partial charge in [0.2, 0.25) is 11.8 Å². The monoisotopic (exact) mass is 578 g/mol. The van der Waals surface area contributed by atoms with E-state index >= 15 is 0 Å². The van der Waals surface area contributed by atoms with Gasteiger partial charge in [0.1, 0.15) is 18.0 Å². The molecule has 10 nitrogen and oxygen atoms in total. The molecule has 4 aromatic rings. The number of phenolic OH excluding ortho intramolecular Hbond substituents is 1. The van der Waals surface area contributed by atoms with Crippen LogP contribution in [0.5, 0.6) is 5.75 Å². The summed E-state index contributed by atoms with van der Waals surface area (Å²) < 4.78 is 0. The first kappa shape index (κ1) is 28.0. The van der Waals surface area contributed by atoms with Crippen molar-refractivity contribution in [1.82, 2.24) is 30.1 Å². The van der Waals surface area contributed by atoms with Crippen LogP contribution in [0, 0.1) is 0 Å². The second-order valence-electron chi connectivity index (χ2n) is 10.9. The highest BCUT2D eigenvalue weighted by atomic mass is 16.3. The van der Waals surface area contributed by atoms with E-state index in [-0.39, 0.29) is 49.7 Å². The summed E-state index contributed by atoms with van der Waals surface area (Å²) in [7, 11) is 0. The number of para-hydroxylation sites is 1. The summed E-state index contributed by atoms with van der Waals surface area (Å²) in [6.07, 6.45) is 3.07. The second-order valence-corrected chi connectivity index (χ2v) is 10.9. The molecule has 3 heterocycles. The van der Waals surface area contributed by atoms with E-state index < -0.39 is 12.2 Å². The predicted molar refractivity (Wildman–Crippen MR) is 162 cm³/mol. The molecule has 220 valence electrons. The zero-order chi connectivity index (χ0) is 29.9. The van der Waals surface area contributed by atoms with Crippen LogP contribution in [0.3, 0.4) is 0 Å². The molecule has 6 rings (SSSR count). The van der Waals surface area contributed by atoms with Crippen LogP contribution in [-0.4, -0.2) is 79.6 Å². The SMILES string of the molecule is C=CCN1CC(=O)N2[C@@H](Cc3ccc(O)cc3)C(=O)N(Cc3c[nH]c4ccccc34)C[C@@H]2N1C(=O)NCc1ccccc1. The van der Waals surface area contributed by atoms with E-state index in [2.05, 4.69) is 16.9 Å². The maximum atomic E-state index is 14.2. The summed E-state index contributed by atoms with van der Waals surface area (Å²) in [5.41, 5.74) is 3.66. The van der Waals surface area contributed by atoms with Crippen LogP contribution in [0.2, 0.25) is 0 Å². The number of aromatic amines is 1. The number of benzene rings is 3. The minimum atomic E-state index is -0.837. The third-order valence-corrected chi connectivity index (χ3v) is 8.07. The number of aromatic nitrogens is 1. The van der Waals surface area contributed by atoms with Gasteiger partial charge in [0.25, 0.3) is 0 Å². The molecule has 1 aromatic heterocycles. The van der Waals surface area contributed by atoms with Gasteiger partial charge in [0.05, 0.1) is 13.1 Å². The average Bonchev–Trinajstić information content (AvgIpc) is 3.42. The number of aromatic hydroxyl groups is 1. The zero-order valence-electron chi connectivity index (χ0n) is 23.7. The first-order valence-electron chi connectivity index (χ1n) is 14.3. The smallest absolute Gasteiger partial charge is 0.334 e. The lowest BCUT2D eigenvalue weighted by Gasteiger charge is -2.55. The van der Waals surface area contributed by atoms with E-state index in [9.17, 15) is 19.5 Å². The van der Waals surface area contributed by atoms with Crippen molar-refractivity contribution in [2.24, 2.45) is 0 Å². The number of rotatable bonds is 8. The Morgan fingerprint density at radius 3 is 2.51 bits per heavy atom. The number of piperazine rings is 1. The fraction of sp³-hybridized carbons (Fsp3) is 0.242. The lowest BCUT2D eigenvalue weighted by Crippen LogP contribution is -2.76. The van der Waals surface area contributed by atoms with Crippen molar-refractivity contribution < 1.29 is 19.5 Å². The first-order chi connectivity index (χ1) is 20.9. The molecule has 10 heteroatoms. The molecule has 0 saturated carbocycles. The van der Waals surface area contributed by atoms with Gasteiger partial charge >= 0.3 is 6.03 Å². The minimum absolute atomic E-state index is 0.0664. The number of urea groups is 1. The van der Waals surface area contributed by atoms with Gasteiger partial charge in [0, 0.05) is 43.2 Å². The molecular weight excluding hydrogens is 544 g/mol. The lowest BCUT2D eigenvalue weighted by atomic mass is 9.98. The average molecular weight is 579 g/mol. The number of phenols is 1. The van der Waals surface area contributed by atoms with Crippen LogP contribution in [0.15, 0.2) is 97.7 Å². The Labute approximate surface area is 249 Å². The molecule has 0 spiro atoms. The highest BCUT2D eigenvalue weighted by molar-refractivity contribution is 5.92. The third kappa shape index (κ3) is 5.69. The van der Waals surface area contributed by atoms with Crippen molar-refractivity contribution >= 4 is 28.7 Å². The molecule has 0 aliphatic carbocycles. The number of H-pyrrole nitrogens is 1. The van der Waals surface area contributed by atoms with Gasteiger partial charge in [-0.3, -0.25) is 9.59 Å². The van der Waals surface area contributed by atoms with Crippen LogP contribution in [0.4, 0.5) is 4.79 Å². The Morgan fingerprint density at radius 2 is 1.74 bits per heavy atom. The maximum absolute atomic E-state index is 14.2. The number of nitrogens with zero attached hydrogens (tertiary/aromatic N) is 4. The summed E-state index contributed by atoms with van der Waals surface area (Å²) in [6, 6.07) is 22.9. The summed E-state index contributed by atoms with van der Waals surface area (Å²) in [5.74, 6) is -0.305. The largest absolute Gasteiger partial charge is 0.508 e. The topological polar surface area (TPSA) is 112 Å². The number of hydrogen-bond donors (Lipinski definition) is 3. The number of amides is 4. The zero-order valence-corrected chi connectivity index (χ0v) is 23.7. The Hall–Kier alpha value is -5.09. The van der Waals surface area contributed by atoms with Gasteiger partial charge in [0.15, 0.2) is 0 Å². The molecule has 0 bridgehead atoms.